The molecule has 4 heteroatoms. The lowest BCUT2D eigenvalue weighted by Gasteiger charge is -2.31. The van der Waals surface area contributed by atoms with Crippen molar-refractivity contribution in [3.8, 4) is 5.75 Å². The second kappa shape index (κ2) is 6.48. The summed E-state index contributed by atoms with van der Waals surface area (Å²) in [6, 6.07) is 8.75. The normalized spacial score (nSPS) is 28.5. The number of hydrogen-bond acceptors (Lipinski definition) is 3. The Labute approximate surface area is 125 Å². The zero-order chi connectivity index (χ0) is 14.7. The standard InChI is InChI=1S/C17H23NO3/c19-17(20)12-5-7-14(8-6-12)18-11-13-9-10-21-16-4-2-1-3-15(13)16/h1-4,12-14,18H,5-11H2,(H,19,20). The highest BCUT2D eigenvalue weighted by atomic mass is 16.5. The first-order valence-corrected chi connectivity index (χ1v) is 7.92. The summed E-state index contributed by atoms with van der Waals surface area (Å²) in [6.07, 6.45) is 4.60. The summed E-state index contributed by atoms with van der Waals surface area (Å²) in [5.74, 6) is 0.760. The van der Waals surface area contributed by atoms with Gasteiger partial charge >= 0.3 is 5.97 Å². The number of nitrogens with one attached hydrogen (secondary N) is 1. The smallest absolute Gasteiger partial charge is 0.306 e. The van der Waals surface area contributed by atoms with Crippen LogP contribution in [0.15, 0.2) is 24.3 Å². The first-order chi connectivity index (χ1) is 10.2. The molecule has 0 amide bonds. The fourth-order valence-electron chi connectivity index (χ4n) is 3.48. The van der Waals surface area contributed by atoms with Gasteiger partial charge in [-0.3, -0.25) is 4.79 Å². The van der Waals surface area contributed by atoms with E-state index in [0.717, 1.165) is 51.0 Å². The third-order valence-electron chi connectivity index (χ3n) is 4.81. The van der Waals surface area contributed by atoms with Crippen molar-refractivity contribution in [3.05, 3.63) is 29.8 Å². The van der Waals surface area contributed by atoms with Crippen LogP contribution in [0.1, 0.15) is 43.6 Å². The van der Waals surface area contributed by atoms with Gasteiger partial charge in [0, 0.05) is 18.5 Å². The van der Waals surface area contributed by atoms with Crippen LogP contribution in [0, 0.1) is 5.92 Å². The quantitative estimate of drug-likeness (QED) is 0.895. The molecule has 1 fully saturated rings. The Balaban J connectivity index is 1.52. The third kappa shape index (κ3) is 3.38. The van der Waals surface area contributed by atoms with Crippen molar-refractivity contribution in [1.29, 1.82) is 0 Å². The molecule has 1 aliphatic heterocycles. The Hall–Kier alpha value is -1.55. The lowest BCUT2D eigenvalue weighted by molar-refractivity contribution is -0.142. The van der Waals surface area contributed by atoms with Gasteiger partial charge in [-0.05, 0) is 43.7 Å². The average molecular weight is 289 g/mol. The second-order valence-corrected chi connectivity index (χ2v) is 6.17. The van der Waals surface area contributed by atoms with E-state index < -0.39 is 5.97 Å². The molecule has 114 valence electrons. The van der Waals surface area contributed by atoms with E-state index in [2.05, 4.69) is 17.4 Å². The molecular formula is C17H23NO3. The maximum absolute atomic E-state index is 11.0. The molecule has 0 saturated heterocycles. The number of carbonyl (C=O) groups is 1. The van der Waals surface area contributed by atoms with Crippen molar-refractivity contribution in [1.82, 2.24) is 5.32 Å². The lowest BCUT2D eigenvalue weighted by Crippen LogP contribution is -2.38. The summed E-state index contributed by atoms with van der Waals surface area (Å²) in [6.45, 7) is 1.75. The van der Waals surface area contributed by atoms with Crippen LogP contribution in [0.3, 0.4) is 0 Å². The maximum atomic E-state index is 11.0. The van der Waals surface area contributed by atoms with Gasteiger partial charge in [-0.1, -0.05) is 18.2 Å². The monoisotopic (exact) mass is 289 g/mol. The molecule has 3 rings (SSSR count). The van der Waals surface area contributed by atoms with Gasteiger partial charge < -0.3 is 15.2 Å². The Bertz CT molecular complexity index is 495. The molecule has 1 aromatic carbocycles. The summed E-state index contributed by atoms with van der Waals surface area (Å²) in [4.78, 5) is 11.0. The fourth-order valence-corrected chi connectivity index (χ4v) is 3.48. The van der Waals surface area contributed by atoms with Crippen molar-refractivity contribution < 1.29 is 14.6 Å². The van der Waals surface area contributed by atoms with Crippen molar-refractivity contribution in [2.24, 2.45) is 5.92 Å². The largest absolute Gasteiger partial charge is 0.493 e. The molecule has 0 spiro atoms. The molecule has 4 nitrogen and oxygen atoms in total. The van der Waals surface area contributed by atoms with E-state index in [-0.39, 0.29) is 5.92 Å². The molecule has 0 radical (unpaired) electrons. The zero-order valence-corrected chi connectivity index (χ0v) is 12.3. The molecule has 1 aromatic rings. The number of benzene rings is 1. The van der Waals surface area contributed by atoms with Crippen molar-refractivity contribution >= 4 is 5.97 Å². The molecule has 1 unspecified atom stereocenters. The van der Waals surface area contributed by atoms with Gasteiger partial charge in [0.15, 0.2) is 0 Å². The highest BCUT2D eigenvalue weighted by Gasteiger charge is 2.27. The summed E-state index contributed by atoms with van der Waals surface area (Å²) in [5, 5.41) is 12.7. The van der Waals surface area contributed by atoms with E-state index >= 15 is 0 Å². The first-order valence-electron chi connectivity index (χ1n) is 7.92. The van der Waals surface area contributed by atoms with E-state index in [1.807, 2.05) is 12.1 Å². The Kier molecular flexibility index (Phi) is 4.44. The van der Waals surface area contributed by atoms with Crippen LogP contribution in [0.4, 0.5) is 0 Å². The van der Waals surface area contributed by atoms with Crippen molar-refractivity contribution in [2.75, 3.05) is 13.2 Å². The molecular weight excluding hydrogens is 266 g/mol. The average Bonchev–Trinajstić information content (AvgIpc) is 2.53. The number of carboxylic acid groups (broad SMARTS) is 1. The fraction of sp³-hybridized carbons (Fsp3) is 0.588. The van der Waals surface area contributed by atoms with Crippen molar-refractivity contribution in [2.45, 2.75) is 44.1 Å². The number of aliphatic carboxylic acids is 1. The van der Waals surface area contributed by atoms with Crippen LogP contribution < -0.4 is 10.1 Å². The lowest BCUT2D eigenvalue weighted by atomic mass is 9.85. The van der Waals surface area contributed by atoms with E-state index in [0.29, 0.717) is 12.0 Å². The van der Waals surface area contributed by atoms with E-state index in [1.165, 1.54) is 5.56 Å². The molecule has 0 bridgehead atoms. The van der Waals surface area contributed by atoms with E-state index in [9.17, 15) is 4.79 Å². The Morgan fingerprint density at radius 1 is 1.19 bits per heavy atom. The number of carboxylic acids is 1. The van der Waals surface area contributed by atoms with Crippen LogP contribution in [0.2, 0.25) is 0 Å². The van der Waals surface area contributed by atoms with Gasteiger partial charge in [0.2, 0.25) is 0 Å². The third-order valence-corrected chi connectivity index (χ3v) is 4.81. The van der Waals surface area contributed by atoms with Gasteiger partial charge in [0.25, 0.3) is 0 Å². The molecule has 21 heavy (non-hydrogen) atoms. The first kappa shape index (κ1) is 14.4. The van der Waals surface area contributed by atoms with Crippen LogP contribution in [-0.2, 0) is 4.79 Å². The molecule has 2 N–H and O–H groups in total. The predicted octanol–water partition coefficient (Wildman–Crippen LogP) is 2.79. The SMILES string of the molecule is O=C(O)C1CCC(NCC2CCOc3ccccc32)CC1. The second-order valence-electron chi connectivity index (χ2n) is 6.17. The van der Waals surface area contributed by atoms with Gasteiger partial charge in [-0.15, -0.1) is 0 Å². The molecule has 1 aliphatic carbocycles. The van der Waals surface area contributed by atoms with Crippen LogP contribution >= 0.6 is 0 Å². The topological polar surface area (TPSA) is 58.6 Å². The summed E-state index contributed by atoms with van der Waals surface area (Å²) >= 11 is 0. The van der Waals surface area contributed by atoms with Crippen LogP contribution in [0.5, 0.6) is 5.75 Å². The zero-order valence-electron chi connectivity index (χ0n) is 12.3. The number of hydrogen-bond donors (Lipinski definition) is 2. The minimum Gasteiger partial charge on any atom is -0.493 e. The van der Waals surface area contributed by atoms with E-state index in [4.69, 9.17) is 9.84 Å². The molecule has 1 atom stereocenters. The number of fused-ring (bicyclic) bond motifs is 1. The highest BCUT2D eigenvalue weighted by Crippen LogP contribution is 2.33. The predicted molar refractivity (Wildman–Crippen MR) is 80.7 cm³/mol. The Morgan fingerprint density at radius 3 is 2.71 bits per heavy atom. The minimum absolute atomic E-state index is 0.133. The van der Waals surface area contributed by atoms with Crippen LogP contribution in [-0.4, -0.2) is 30.3 Å². The summed E-state index contributed by atoms with van der Waals surface area (Å²) < 4.78 is 5.69. The van der Waals surface area contributed by atoms with E-state index in [1.54, 1.807) is 0 Å². The van der Waals surface area contributed by atoms with Crippen molar-refractivity contribution in [3.63, 3.8) is 0 Å². The van der Waals surface area contributed by atoms with Gasteiger partial charge in [0.05, 0.1) is 12.5 Å². The molecule has 1 heterocycles. The molecule has 1 saturated carbocycles. The number of para-hydroxylation sites is 1. The van der Waals surface area contributed by atoms with Gasteiger partial charge in [-0.2, -0.15) is 0 Å². The van der Waals surface area contributed by atoms with Gasteiger partial charge in [0.1, 0.15) is 5.75 Å². The van der Waals surface area contributed by atoms with Crippen LogP contribution in [0.25, 0.3) is 0 Å². The van der Waals surface area contributed by atoms with Gasteiger partial charge in [-0.25, -0.2) is 0 Å². The maximum Gasteiger partial charge on any atom is 0.306 e. The molecule has 2 aliphatic rings. The molecule has 0 aromatic heterocycles. The Morgan fingerprint density at radius 2 is 1.95 bits per heavy atom. The highest BCUT2D eigenvalue weighted by molar-refractivity contribution is 5.70. The minimum atomic E-state index is -0.633. The summed E-state index contributed by atoms with van der Waals surface area (Å²) in [7, 11) is 0. The number of rotatable bonds is 4. The summed E-state index contributed by atoms with van der Waals surface area (Å²) in [5.41, 5.74) is 1.30. The number of ether oxygens (including phenoxy) is 1.